The van der Waals surface area contributed by atoms with E-state index < -0.39 is 0 Å². The third kappa shape index (κ3) is 3.35. The summed E-state index contributed by atoms with van der Waals surface area (Å²) in [6.45, 7) is 2.96. The second kappa shape index (κ2) is 6.71. The van der Waals surface area contributed by atoms with E-state index in [1.807, 2.05) is 11.9 Å². The van der Waals surface area contributed by atoms with E-state index in [0.29, 0.717) is 6.54 Å². The summed E-state index contributed by atoms with van der Waals surface area (Å²) >= 11 is 1.79. The first-order valence-electron chi connectivity index (χ1n) is 7.64. The predicted molar refractivity (Wildman–Crippen MR) is 88.6 cm³/mol. The summed E-state index contributed by atoms with van der Waals surface area (Å²) in [4.78, 5) is 16.7. The molecule has 5 heteroatoms. The number of anilines is 1. The lowest BCUT2D eigenvalue weighted by atomic mass is 10.1. The minimum Gasteiger partial charge on any atom is -0.371 e. The molecule has 1 aromatic carbocycles. The molecule has 2 saturated heterocycles. The fraction of sp³-hybridized carbons (Fsp3) is 0.562. The van der Waals surface area contributed by atoms with Crippen molar-refractivity contribution in [2.24, 2.45) is 0 Å². The molecule has 21 heavy (non-hydrogen) atoms. The highest BCUT2D eigenvalue weighted by molar-refractivity contribution is 7.99. The van der Waals surface area contributed by atoms with Crippen LogP contribution in [0.3, 0.4) is 0 Å². The van der Waals surface area contributed by atoms with Crippen molar-refractivity contribution in [3.8, 4) is 0 Å². The zero-order valence-corrected chi connectivity index (χ0v) is 13.4. The maximum Gasteiger partial charge on any atom is 0.240 e. The van der Waals surface area contributed by atoms with Gasteiger partial charge >= 0.3 is 0 Å². The van der Waals surface area contributed by atoms with Gasteiger partial charge in [0, 0.05) is 44.0 Å². The van der Waals surface area contributed by atoms with Gasteiger partial charge in [0.25, 0.3) is 0 Å². The van der Waals surface area contributed by atoms with E-state index in [2.05, 4.69) is 34.5 Å². The summed E-state index contributed by atoms with van der Waals surface area (Å²) in [5, 5.41) is 3.25. The van der Waals surface area contributed by atoms with Crippen LogP contribution >= 0.6 is 11.8 Å². The summed E-state index contributed by atoms with van der Waals surface area (Å²) in [7, 11) is 1.91. The van der Waals surface area contributed by atoms with Crippen molar-refractivity contribution in [3.63, 3.8) is 0 Å². The third-order valence-corrected chi connectivity index (χ3v) is 5.18. The molecule has 0 aromatic heterocycles. The molecule has 2 heterocycles. The summed E-state index contributed by atoms with van der Waals surface area (Å²) in [6, 6.07) is 8.47. The van der Waals surface area contributed by atoms with Gasteiger partial charge in [-0.3, -0.25) is 10.1 Å². The van der Waals surface area contributed by atoms with E-state index in [4.69, 9.17) is 0 Å². The molecule has 1 amide bonds. The highest BCUT2D eigenvalue weighted by Gasteiger charge is 2.26. The van der Waals surface area contributed by atoms with Crippen molar-refractivity contribution in [3.05, 3.63) is 29.8 Å². The number of amides is 1. The molecule has 0 aliphatic carbocycles. The number of benzene rings is 1. The lowest BCUT2D eigenvalue weighted by Gasteiger charge is -2.25. The topological polar surface area (TPSA) is 35.6 Å². The standard InChI is InChI=1S/C16H23N3OS/c1-18(16(20)14-11-21-12-17-14)10-13-6-2-3-7-15(13)19-8-4-5-9-19/h2-3,6-7,14,17H,4-5,8-12H2,1H3. The number of hydrogen-bond acceptors (Lipinski definition) is 4. The van der Waals surface area contributed by atoms with Gasteiger partial charge in [-0.2, -0.15) is 0 Å². The SMILES string of the molecule is CN(Cc1ccccc1N1CCCC1)C(=O)C1CSCN1. The van der Waals surface area contributed by atoms with Crippen molar-refractivity contribution in [1.82, 2.24) is 10.2 Å². The number of carbonyl (C=O) groups excluding carboxylic acids is 1. The van der Waals surface area contributed by atoms with Gasteiger partial charge in [-0.15, -0.1) is 11.8 Å². The maximum absolute atomic E-state index is 12.4. The first-order valence-corrected chi connectivity index (χ1v) is 8.80. The molecule has 1 atom stereocenters. The summed E-state index contributed by atoms with van der Waals surface area (Å²) in [5.41, 5.74) is 2.55. The molecule has 4 nitrogen and oxygen atoms in total. The molecule has 2 aliphatic rings. The number of hydrogen-bond donors (Lipinski definition) is 1. The van der Waals surface area contributed by atoms with Gasteiger partial charge in [0.05, 0.1) is 6.04 Å². The molecule has 3 rings (SSSR count). The molecule has 2 aliphatic heterocycles. The molecular formula is C16H23N3OS. The molecule has 0 saturated carbocycles. The van der Waals surface area contributed by atoms with Crippen LogP contribution in [-0.4, -0.2) is 48.6 Å². The zero-order valence-electron chi connectivity index (χ0n) is 12.5. The van der Waals surface area contributed by atoms with Gasteiger partial charge in [0.2, 0.25) is 5.91 Å². The molecule has 2 fully saturated rings. The predicted octanol–water partition coefficient (Wildman–Crippen LogP) is 1.91. The number of thioether (sulfide) groups is 1. The Balaban J connectivity index is 1.70. The van der Waals surface area contributed by atoms with E-state index in [1.54, 1.807) is 11.8 Å². The smallest absolute Gasteiger partial charge is 0.240 e. The van der Waals surface area contributed by atoms with Crippen molar-refractivity contribution in [1.29, 1.82) is 0 Å². The lowest BCUT2D eigenvalue weighted by Crippen LogP contribution is -2.42. The first-order chi connectivity index (χ1) is 10.3. The first kappa shape index (κ1) is 14.7. The monoisotopic (exact) mass is 305 g/mol. The largest absolute Gasteiger partial charge is 0.371 e. The van der Waals surface area contributed by atoms with Gasteiger partial charge in [-0.05, 0) is 24.5 Å². The second-order valence-electron chi connectivity index (χ2n) is 5.79. The summed E-state index contributed by atoms with van der Waals surface area (Å²) in [5.74, 6) is 1.97. The average Bonchev–Trinajstić information content (AvgIpc) is 3.20. The molecule has 0 spiro atoms. The van der Waals surface area contributed by atoms with Crippen LogP contribution < -0.4 is 10.2 Å². The summed E-state index contributed by atoms with van der Waals surface area (Å²) in [6.07, 6.45) is 2.54. The fourth-order valence-electron chi connectivity index (χ4n) is 3.06. The zero-order chi connectivity index (χ0) is 14.7. The van der Waals surface area contributed by atoms with Gasteiger partial charge < -0.3 is 9.80 Å². The van der Waals surface area contributed by atoms with E-state index >= 15 is 0 Å². The Labute approximate surface area is 130 Å². The molecule has 1 N–H and O–H groups in total. The number of likely N-dealkylation sites (N-methyl/N-ethyl adjacent to an activating group) is 1. The van der Waals surface area contributed by atoms with Crippen LogP contribution in [0.25, 0.3) is 0 Å². The summed E-state index contributed by atoms with van der Waals surface area (Å²) < 4.78 is 0. The maximum atomic E-state index is 12.4. The highest BCUT2D eigenvalue weighted by atomic mass is 32.2. The number of rotatable bonds is 4. The Morgan fingerprint density at radius 2 is 2.14 bits per heavy atom. The van der Waals surface area contributed by atoms with Crippen LogP contribution in [0.2, 0.25) is 0 Å². The number of nitrogens with one attached hydrogen (secondary N) is 1. The van der Waals surface area contributed by atoms with Crippen LogP contribution in [0, 0.1) is 0 Å². The minimum atomic E-state index is -0.0149. The second-order valence-corrected chi connectivity index (χ2v) is 6.82. The van der Waals surface area contributed by atoms with Gasteiger partial charge in [0.1, 0.15) is 0 Å². The lowest BCUT2D eigenvalue weighted by molar-refractivity contribution is -0.131. The van der Waals surface area contributed by atoms with Crippen molar-refractivity contribution < 1.29 is 4.79 Å². The van der Waals surface area contributed by atoms with E-state index in [9.17, 15) is 4.79 Å². The quantitative estimate of drug-likeness (QED) is 0.922. The number of para-hydroxylation sites is 1. The van der Waals surface area contributed by atoms with Crippen LogP contribution in [-0.2, 0) is 11.3 Å². The van der Waals surface area contributed by atoms with Crippen molar-refractivity contribution in [2.45, 2.75) is 25.4 Å². The molecule has 0 radical (unpaired) electrons. The Hall–Kier alpha value is -1.20. The number of carbonyl (C=O) groups is 1. The molecule has 114 valence electrons. The normalized spacial score (nSPS) is 21.8. The van der Waals surface area contributed by atoms with E-state index in [-0.39, 0.29) is 11.9 Å². The van der Waals surface area contributed by atoms with Gasteiger partial charge in [-0.25, -0.2) is 0 Å². The Bertz CT molecular complexity index is 496. The Morgan fingerprint density at radius 3 is 2.86 bits per heavy atom. The average molecular weight is 305 g/mol. The van der Waals surface area contributed by atoms with E-state index in [0.717, 1.165) is 24.7 Å². The number of nitrogens with zero attached hydrogens (tertiary/aromatic N) is 2. The highest BCUT2D eigenvalue weighted by Crippen LogP contribution is 2.25. The molecule has 1 aromatic rings. The van der Waals surface area contributed by atoms with Crippen LogP contribution in [0.1, 0.15) is 18.4 Å². The fourth-order valence-corrected chi connectivity index (χ4v) is 4.00. The molecule has 1 unspecified atom stereocenters. The molecule has 0 bridgehead atoms. The minimum absolute atomic E-state index is 0.0149. The molecular weight excluding hydrogens is 282 g/mol. The van der Waals surface area contributed by atoms with E-state index in [1.165, 1.54) is 24.1 Å². The van der Waals surface area contributed by atoms with Crippen LogP contribution in [0.5, 0.6) is 0 Å². The van der Waals surface area contributed by atoms with Crippen molar-refractivity contribution >= 4 is 23.4 Å². The van der Waals surface area contributed by atoms with Crippen molar-refractivity contribution in [2.75, 3.05) is 36.7 Å². The van der Waals surface area contributed by atoms with Gasteiger partial charge in [0.15, 0.2) is 0 Å². The van der Waals surface area contributed by atoms with Gasteiger partial charge in [-0.1, -0.05) is 18.2 Å². The third-order valence-electron chi connectivity index (χ3n) is 4.24. The van der Waals surface area contributed by atoms with Crippen LogP contribution in [0.15, 0.2) is 24.3 Å². The Kier molecular flexibility index (Phi) is 4.70. The Morgan fingerprint density at radius 1 is 1.38 bits per heavy atom. The van der Waals surface area contributed by atoms with Crippen LogP contribution in [0.4, 0.5) is 5.69 Å².